The second-order valence-corrected chi connectivity index (χ2v) is 7.40. The van der Waals surface area contributed by atoms with Crippen LogP contribution in [0.5, 0.6) is 0 Å². The van der Waals surface area contributed by atoms with Gasteiger partial charge in [0.25, 0.3) is 0 Å². The number of piperidine rings is 1. The van der Waals surface area contributed by atoms with Crippen molar-refractivity contribution in [3.8, 4) is 0 Å². The molecule has 28 heavy (non-hydrogen) atoms. The van der Waals surface area contributed by atoms with E-state index in [2.05, 4.69) is 15.5 Å². The molecule has 0 spiro atoms. The number of hydrogen-bond donors (Lipinski definition) is 2. The van der Waals surface area contributed by atoms with Gasteiger partial charge in [-0.3, -0.25) is 9.69 Å². The average molecular weight is 392 g/mol. The van der Waals surface area contributed by atoms with E-state index in [9.17, 15) is 14.0 Å². The van der Waals surface area contributed by atoms with Crippen LogP contribution in [0.15, 0.2) is 24.3 Å². The number of ether oxygens (including phenoxy) is 1. The van der Waals surface area contributed by atoms with Crippen molar-refractivity contribution in [2.24, 2.45) is 5.92 Å². The van der Waals surface area contributed by atoms with Crippen LogP contribution in [0.4, 0.5) is 9.18 Å². The highest BCUT2D eigenvalue weighted by atomic mass is 19.1. The molecule has 8 heteroatoms. The molecule has 1 aromatic carbocycles. The molecule has 0 aromatic heterocycles. The number of urea groups is 1. The quantitative estimate of drug-likeness (QED) is 0.763. The lowest BCUT2D eigenvalue weighted by molar-refractivity contribution is -0.131. The fourth-order valence-corrected chi connectivity index (χ4v) is 3.63. The number of carbonyl (C=O) groups is 2. The Balaban J connectivity index is 1.30. The summed E-state index contributed by atoms with van der Waals surface area (Å²) in [6.07, 6.45) is 2.00. The molecular weight excluding hydrogens is 363 g/mol. The highest BCUT2D eigenvalue weighted by molar-refractivity contribution is 5.84. The highest BCUT2D eigenvalue weighted by Crippen LogP contribution is 2.19. The number of morpholine rings is 1. The number of nitrogens with one attached hydrogen (secondary N) is 2. The van der Waals surface area contributed by atoms with Gasteiger partial charge in [-0.05, 0) is 36.5 Å². The lowest BCUT2D eigenvalue weighted by atomic mass is 9.96. The lowest BCUT2D eigenvalue weighted by Gasteiger charge is -2.36. The Morgan fingerprint density at radius 1 is 1.04 bits per heavy atom. The molecule has 2 N–H and O–H groups in total. The number of benzene rings is 1. The third-order valence-corrected chi connectivity index (χ3v) is 5.35. The molecule has 2 aliphatic heterocycles. The molecule has 3 amide bonds. The number of carbonyl (C=O) groups excluding carboxylic acids is 2. The van der Waals surface area contributed by atoms with Crippen LogP contribution < -0.4 is 10.6 Å². The molecule has 1 aromatic rings. The Morgan fingerprint density at radius 2 is 1.71 bits per heavy atom. The maximum absolute atomic E-state index is 12.9. The van der Waals surface area contributed by atoms with E-state index in [0.29, 0.717) is 5.92 Å². The fraction of sp³-hybridized carbons (Fsp3) is 0.600. The summed E-state index contributed by atoms with van der Waals surface area (Å²) in [4.78, 5) is 28.5. The summed E-state index contributed by atoms with van der Waals surface area (Å²) in [6, 6.07) is 5.52. The summed E-state index contributed by atoms with van der Waals surface area (Å²) in [5, 5.41) is 5.27. The van der Waals surface area contributed by atoms with Crippen molar-refractivity contribution in [3.63, 3.8) is 0 Å². The summed E-state index contributed by atoms with van der Waals surface area (Å²) in [5.74, 6) is 0.253. The fourth-order valence-electron chi connectivity index (χ4n) is 3.63. The van der Waals surface area contributed by atoms with E-state index in [1.165, 1.54) is 12.1 Å². The zero-order valence-corrected chi connectivity index (χ0v) is 16.2. The first-order chi connectivity index (χ1) is 13.6. The zero-order valence-electron chi connectivity index (χ0n) is 16.2. The van der Waals surface area contributed by atoms with E-state index < -0.39 is 6.03 Å². The topological polar surface area (TPSA) is 73.9 Å². The number of hydrogen-bond acceptors (Lipinski definition) is 4. The Labute approximate surface area is 165 Å². The van der Waals surface area contributed by atoms with E-state index >= 15 is 0 Å². The van der Waals surface area contributed by atoms with Crippen LogP contribution in [0.2, 0.25) is 0 Å². The van der Waals surface area contributed by atoms with Crippen LogP contribution in [0.25, 0.3) is 0 Å². The van der Waals surface area contributed by atoms with Crippen molar-refractivity contribution in [1.82, 2.24) is 20.4 Å². The number of halogens is 1. The molecule has 0 saturated carbocycles. The molecule has 0 unspecified atom stereocenters. The van der Waals surface area contributed by atoms with E-state index in [4.69, 9.17) is 4.74 Å². The van der Waals surface area contributed by atoms with Gasteiger partial charge in [-0.1, -0.05) is 12.1 Å². The van der Waals surface area contributed by atoms with Crippen molar-refractivity contribution in [2.75, 3.05) is 52.5 Å². The third kappa shape index (κ3) is 6.45. The van der Waals surface area contributed by atoms with Gasteiger partial charge < -0.3 is 20.3 Å². The molecule has 0 atom stereocenters. The minimum absolute atomic E-state index is 0.0105. The molecular formula is C20H29FN4O3. The molecule has 0 radical (unpaired) electrons. The van der Waals surface area contributed by atoms with Crippen LogP contribution in [-0.2, 0) is 16.1 Å². The molecule has 154 valence electrons. The molecule has 0 aliphatic carbocycles. The minimum Gasteiger partial charge on any atom is -0.379 e. The van der Waals surface area contributed by atoms with Crippen molar-refractivity contribution in [1.29, 1.82) is 0 Å². The predicted octanol–water partition coefficient (Wildman–Crippen LogP) is 1.20. The van der Waals surface area contributed by atoms with Crippen LogP contribution >= 0.6 is 0 Å². The molecule has 2 heterocycles. The summed E-state index contributed by atoms with van der Waals surface area (Å²) >= 11 is 0. The van der Waals surface area contributed by atoms with Gasteiger partial charge in [0, 0.05) is 39.3 Å². The molecule has 0 bridgehead atoms. The second-order valence-electron chi connectivity index (χ2n) is 7.40. The lowest BCUT2D eigenvalue weighted by Crippen LogP contribution is -2.47. The molecule has 7 nitrogen and oxygen atoms in total. The van der Waals surface area contributed by atoms with Crippen molar-refractivity contribution >= 4 is 11.9 Å². The second kappa shape index (κ2) is 10.4. The van der Waals surface area contributed by atoms with Crippen molar-refractivity contribution in [2.45, 2.75) is 19.4 Å². The maximum Gasteiger partial charge on any atom is 0.315 e. The van der Waals surface area contributed by atoms with Gasteiger partial charge in [-0.2, -0.15) is 0 Å². The van der Waals surface area contributed by atoms with Gasteiger partial charge in [-0.25, -0.2) is 9.18 Å². The molecule has 3 rings (SSSR count). The van der Waals surface area contributed by atoms with E-state index in [-0.39, 0.29) is 24.8 Å². The van der Waals surface area contributed by atoms with Gasteiger partial charge >= 0.3 is 6.03 Å². The van der Waals surface area contributed by atoms with Crippen LogP contribution in [0.1, 0.15) is 18.4 Å². The van der Waals surface area contributed by atoms with Gasteiger partial charge in [0.1, 0.15) is 5.82 Å². The molecule has 2 aliphatic rings. The molecule has 2 fully saturated rings. The minimum atomic E-state index is -0.403. The average Bonchev–Trinajstić information content (AvgIpc) is 2.73. The number of rotatable bonds is 6. The monoisotopic (exact) mass is 392 g/mol. The number of nitrogens with zero attached hydrogens (tertiary/aromatic N) is 2. The van der Waals surface area contributed by atoms with Crippen LogP contribution in [-0.4, -0.2) is 74.2 Å². The maximum atomic E-state index is 12.9. The van der Waals surface area contributed by atoms with E-state index in [1.54, 1.807) is 12.1 Å². The Bertz CT molecular complexity index is 641. The zero-order chi connectivity index (χ0) is 19.8. The largest absolute Gasteiger partial charge is 0.379 e. The van der Waals surface area contributed by atoms with Crippen molar-refractivity contribution < 1.29 is 18.7 Å². The van der Waals surface area contributed by atoms with Gasteiger partial charge in [0.05, 0.1) is 19.8 Å². The van der Waals surface area contributed by atoms with Gasteiger partial charge in [0.2, 0.25) is 5.91 Å². The summed E-state index contributed by atoms with van der Waals surface area (Å²) in [7, 11) is 0. The Hall–Kier alpha value is -2.19. The standard InChI is InChI=1S/C20H29FN4O3/c21-18-3-1-16(2-4-18)13-22-20(27)23-14-19(26)25-7-5-17(6-8-25)15-24-9-11-28-12-10-24/h1-4,17H,5-15H2,(H2,22,23,27). The summed E-state index contributed by atoms with van der Waals surface area (Å²) in [5.41, 5.74) is 0.796. The number of likely N-dealkylation sites (tertiary alicyclic amines) is 1. The normalized spacial score (nSPS) is 18.7. The first-order valence-corrected chi connectivity index (χ1v) is 9.94. The summed E-state index contributed by atoms with van der Waals surface area (Å²) < 4.78 is 18.2. The Kier molecular flexibility index (Phi) is 7.62. The van der Waals surface area contributed by atoms with Crippen LogP contribution in [0, 0.1) is 11.7 Å². The first kappa shape index (κ1) is 20.5. The Morgan fingerprint density at radius 3 is 2.39 bits per heavy atom. The highest BCUT2D eigenvalue weighted by Gasteiger charge is 2.25. The van der Waals surface area contributed by atoms with E-state index in [0.717, 1.165) is 64.3 Å². The summed E-state index contributed by atoms with van der Waals surface area (Å²) in [6.45, 7) is 6.45. The van der Waals surface area contributed by atoms with Crippen molar-refractivity contribution in [3.05, 3.63) is 35.6 Å². The van der Waals surface area contributed by atoms with Gasteiger partial charge in [-0.15, -0.1) is 0 Å². The van der Waals surface area contributed by atoms with Crippen LogP contribution in [0.3, 0.4) is 0 Å². The predicted molar refractivity (Wildman–Crippen MR) is 103 cm³/mol. The third-order valence-electron chi connectivity index (χ3n) is 5.35. The smallest absolute Gasteiger partial charge is 0.315 e. The SMILES string of the molecule is O=C(NCC(=O)N1CCC(CN2CCOCC2)CC1)NCc1ccc(F)cc1. The molecule has 2 saturated heterocycles. The van der Waals surface area contributed by atoms with E-state index in [1.807, 2.05) is 4.90 Å². The van der Waals surface area contributed by atoms with Gasteiger partial charge in [0.15, 0.2) is 0 Å². The first-order valence-electron chi connectivity index (χ1n) is 9.94. The number of amides is 3.